The van der Waals surface area contributed by atoms with E-state index in [2.05, 4.69) is 35.0 Å². The average molecular weight is 532 g/mol. The number of thiazole rings is 1. The summed E-state index contributed by atoms with van der Waals surface area (Å²) in [5.41, 5.74) is 4.86. The molecule has 0 amide bonds. The molecule has 0 bridgehead atoms. The van der Waals surface area contributed by atoms with Gasteiger partial charge in [-0.2, -0.15) is 0 Å². The smallest absolute Gasteiger partial charge is 0.338 e. The SMILES string of the molecule is COc1ccc([C@@H]2C(C(=O)OC(C)C)=C(C)N=c3s/c(=C/c4ccc(N5CCCC5)cc4C)c(=O)n32)cc1. The van der Waals surface area contributed by atoms with E-state index in [0.29, 0.717) is 26.4 Å². The molecule has 0 unspecified atom stereocenters. The van der Waals surface area contributed by atoms with Crippen LogP contribution in [-0.2, 0) is 9.53 Å². The molecule has 0 radical (unpaired) electrons. The van der Waals surface area contributed by atoms with E-state index >= 15 is 0 Å². The molecule has 3 aromatic rings. The van der Waals surface area contributed by atoms with Gasteiger partial charge in [0, 0.05) is 18.8 Å². The Hall–Kier alpha value is -3.65. The van der Waals surface area contributed by atoms with E-state index in [4.69, 9.17) is 9.47 Å². The molecule has 0 N–H and O–H groups in total. The van der Waals surface area contributed by atoms with Gasteiger partial charge >= 0.3 is 5.97 Å². The van der Waals surface area contributed by atoms with Gasteiger partial charge in [-0.25, -0.2) is 9.79 Å². The molecule has 3 heterocycles. The lowest BCUT2D eigenvalue weighted by atomic mass is 9.96. The van der Waals surface area contributed by atoms with E-state index in [1.165, 1.54) is 29.9 Å². The van der Waals surface area contributed by atoms with Crippen LogP contribution in [0.3, 0.4) is 0 Å². The van der Waals surface area contributed by atoms with Gasteiger partial charge in [0.25, 0.3) is 5.56 Å². The zero-order chi connectivity index (χ0) is 27.0. The Balaban J connectivity index is 1.63. The molecular weight excluding hydrogens is 498 g/mol. The topological polar surface area (TPSA) is 73.1 Å². The van der Waals surface area contributed by atoms with Gasteiger partial charge in [0.15, 0.2) is 4.80 Å². The first-order valence-electron chi connectivity index (χ1n) is 13.0. The molecule has 0 saturated carbocycles. The minimum absolute atomic E-state index is 0.181. The van der Waals surface area contributed by atoms with Gasteiger partial charge in [-0.05, 0) is 87.6 Å². The van der Waals surface area contributed by atoms with Crippen LogP contribution < -0.4 is 24.5 Å². The zero-order valence-electron chi connectivity index (χ0n) is 22.5. The first-order chi connectivity index (χ1) is 18.3. The van der Waals surface area contributed by atoms with Gasteiger partial charge in [-0.3, -0.25) is 9.36 Å². The molecule has 1 aromatic heterocycles. The van der Waals surface area contributed by atoms with Crippen LogP contribution in [0.15, 0.2) is 63.5 Å². The Bertz CT molecular complexity index is 1570. The highest BCUT2D eigenvalue weighted by Gasteiger charge is 2.33. The van der Waals surface area contributed by atoms with Crippen molar-refractivity contribution in [3.8, 4) is 5.75 Å². The van der Waals surface area contributed by atoms with Crippen molar-refractivity contribution in [2.45, 2.75) is 52.7 Å². The van der Waals surface area contributed by atoms with E-state index in [0.717, 1.165) is 29.8 Å². The van der Waals surface area contributed by atoms with Crippen LogP contribution in [-0.4, -0.2) is 36.8 Å². The molecule has 198 valence electrons. The standard InChI is InChI=1S/C30H33N3O4S/c1-18(2)37-29(35)26-20(4)31-30-33(27(26)21-9-12-24(36-5)13-10-21)28(34)25(38-30)17-22-8-11-23(16-19(22)3)32-14-6-7-15-32/h8-13,16-18,27H,6-7,14-15H2,1-5H3/b25-17+/t27-/m1/s1. The van der Waals surface area contributed by atoms with Crippen LogP contribution in [0.4, 0.5) is 5.69 Å². The number of aromatic nitrogens is 1. The highest BCUT2D eigenvalue weighted by Crippen LogP contribution is 2.32. The second kappa shape index (κ2) is 10.6. The maximum Gasteiger partial charge on any atom is 0.338 e. The lowest BCUT2D eigenvalue weighted by Crippen LogP contribution is -2.40. The van der Waals surface area contributed by atoms with Gasteiger partial charge in [-0.1, -0.05) is 29.5 Å². The van der Waals surface area contributed by atoms with Crippen molar-refractivity contribution in [1.82, 2.24) is 4.57 Å². The summed E-state index contributed by atoms with van der Waals surface area (Å²) < 4.78 is 13.1. The molecular formula is C30H33N3O4S. The van der Waals surface area contributed by atoms with E-state index in [1.54, 1.807) is 18.6 Å². The monoisotopic (exact) mass is 531 g/mol. The van der Waals surface area contributed by atoms with E-state index in [9.17, 15) is 9.59 Å². The number of rotatable bonds is 6. The molecule has 2 aliphatic heterocycles. The molecule has 2 aliphatic rings. The summed E-state index contributed by atoms with van der Waals surface area (Å²) in [6, 6.07) is 13.2. The molecule has 1 atom stereocenters. The van der Waals surface area contributed by atoms with Crippen molar-refractivity contribution < 1.29 is 14.3 Å². The number of methoxy groups -OCH3 is 1. The lowest BCUT2D eigenvalue weighted by Gasteiger charge is -2.25. The average Bonchev–Trinajstić information content (AvgIpc) is 3.53. The molecule has 0 aliphatic carbocycles. The second-order valence-electron chi connectivity index (χ2n) is 10.0. The maximum absolute atomic E-state index is 13.9. The number of carbonyl (C=O) groups is 1. The van der Waals surface area contributed by atoms with Crippen LogP contribution in [0.1, 0.15) is 56.3 Å². The normalized spacial score (nSPS) is 17.6. The van der Waals surface area contributed by atoms with Crippen molar-refractivity contribution >= 4 is 29.1 Å². The van der Waals surface area contributed by atoms with Gasteiger partial charge in [0.05, 0.1) is 35.1 Å². The highest BCUT2D eigenvalue weighted by molar-refractivity contribution is 7.07. The molecule has 0 spiro atoms. The minimum atomic E-state index is -0.649. The number of aryl methyl sites for hydroxylation is 1. The Morgan fingerprint density at radius 2 is 1.82 bits per heavy atom. The summed E-state index contributed by atoms with van der Waals surface area (Å²) in [6.45, 7) is 9.66. The lowest BCUT2D eigenvalue weighted by molar-refractivity contribution is -0.143. The summed E-state index contributed by atoms with van der Waals surface area (Å²) in [6.07, 6.45) is 4.09. The fraction of sp³-hybridized carbons (Fsp3) is 0.367. The first-order valence-corrected chi connectivity index (χ1v) is 13.8. The number of nitrogens with zero attached hydrogens (tertiary/aromatic N) is 3. The minimum Gasteiger partial charge on any atom is -0.497 e. The van der Waals surface area contributed by atoms with Crippen LogP contribution in [0.5, 0.6) is 5.75 Å². The van der Waals surface area contributed by atoms with Crippen LogP contribution >= 0.6 is 11.3 Å². The largest absolute Gasteiger partial charge is 0.497 e. The number of hydrogen-bond donors (Lipinski definition) is 0. The second-order valence-corrected chi connectivity index (χ2v) is 11.1. The first kappa shape index (κ1) is 26.0. The molecule has 38 heavy (non-hydrogen) atoms. The fourth-order valence-electron chi connectivity index (χ4n) is 5.10. The Morgan fingerprint density at radius 1 is 1.11 bits per heavy atom. The van der Waals surface area contributed by atoms with Gasteiger partial charge in [0.2, 0.25) is 0 Å². The van der Waals surface area contributed by atoms with E-state index in [-0.39, 0.29) is 11.7 Å². The third-order valence-corrected chi connectivity index (χ3v) is 8.01. The van der Waals surface area contributed by atoms with Crippen molar-refractivity contribution in [3.05, 3.63) is 90.1 Å². The fourth-order valence-corrected chi connectivity index (χ4v) is 6.13. The van der Waals surface area contributed by atoms with E-state index in [1.807, 2.05) is 44.2 Å². The number of allylic oxidation sites excluding steroid dienone is 1. The Morgan fingerprint density at radius 3 is 2.45 bits per heavy atom. The van der Waals surface area contributed by atoms with E-state index < -0.39 is 12.0 Å². The number of hydrogen-bond acceptors (Lipinski definition) is 7. The zero-order valence-corrected chi connectivity index (χ0v) is 23.3. The predicted molar refractivity (Wildman–Crippen MR) is 151 cm³/mol. The molecule has 8 heteroatoms. The molecule has 1 saturated heterocycles. The third kappa shape index (κ3) is 4.92. The molecule has 2 aromatic carbocycles. The Kier molecular flexibility index (Phi) is 7.25. The van der Waals surface area contributed by atoms with Gasteiger partial charge in [0.1, 0.15) is 5.75 Å². The molecule has 7 nitrogen and oxygen atoms in total. The molecule has 1 fully saturated rings. The Labute approximate surface area is 226 Å². The molecule has 5 rings (SSSR count). The number of benzene rings is 2. The number of esters is 1. The quantitative estimate of drug-likeness (QED) is 0.448. The van der Waals surface area contributed by atoms with Crippen LogP contribution in [0.25, 0.3) is 6.08 Å². The van der Waals surface area contributed by atoms with Crippen LogP contribution in [0, 0.1) is 6.92 Å². The van der Waals surface area contributed by atoms with Gasteiger partial charge < -0.3 is 14.4 Å². The maximum atomic E-state index is 13.9. The van der Waals surface area contributed by atoms with Crippen molar-refractivity contribution in [3.63, 3.8) is 0 Å². The summed E-state index contributed by atoms with van der Waals surface area (Å²) in [5, 5.41) is 0. The van der Waals surface area contributed by atoms with Crippen molar-refractivity contribution in [2.24, 2.45) is 4.99 Å². The number of carbonyl (C=O) groups excluding carboxylic acids is 1. The van der Waals surface area contributed by atoms with Gasteiger partial charge in [-0.15, -0.1) is 0 Å². The predicted octanol–water partition coefficient (Wildman–Crippen LogP) is 4.10. The number of ether oxygens (including phenoxy) is 2. The summed E-state index contributed by atoms with van der Waals surface area (Å²) in [5.74, 6) is 0.228. The third-order valence-electron chi connectivity index (χ3n) is 7.03. The number of anilines is 1. The highest BCUT2D eigenvalue weighted by atomic mass is 32.1. The van der Waals surface area contributed by atoms with Crippen LogP contribution in [0.2, 0.25) is 0 Å². The van der Waals surface area contributed by atoms with Crippen molar-refractivity contribution in [2.75, 3.05) is 25.1 Å². The summed E-state index contributed by atoms with van der Waals surface area (Å²) >= 11 is 1.34. The summed E-state index contributed by atoms with van der Waals surface area (Å²) in [4.78, 5) is 34.8. The van der Waals surface area contributed by atoms with Crippen molar-refractivity contribution in [1.29, 1.82) is 0 Å². The number of fused-ring (bicyclic) bond motifs is 1. The summed E-state index contributed by atoms with van der Waals surface area (Å²) in [7, 11) is 1.60.